The average Bonchev–Trinajstić information content (AvgIpc) is 2.66. The molecule has 0 saturated carbocycles. The zero-order chi connectivity index (χ0) is 20.2. The largest absolute Gasteiger partial charge is 0.463 e. The summed E-state index contributed by atoms with van der Waals surface area (Å²) in [7, 11) is 0. The van der Waals surface area contributed by atoms with Gasteiger partial charge in [0.2, 0.25) is 0 Å². The van der Waals surface area contributed by atoms with Gasteiger partial charge >= 0.3 is 5.97 Å². The predicted molar refractivity (Wildman–Crippen MR) is 110 cm³/mol. The first-order valence-corrected chi connectivity index (χ1v) is 9.41. The fourth-order valence-corrected chi connectivity index (χ4v) is 2.66. The number of rotatable bonds is 9. The summed E-state index contributed by atoms with van der Waals surface area (Å²) in [6.07, 6.45) is 9.57. The van der Waals surface area contributed by atoms with Crippen molar-refractivity contribution in [2.75, 3.05) is 13.2 Å². The topological polar surface area (TPSA) is 46.6 Å². The van der Waals surface area contributed by atoms with Gasteiger partial charge in [-0.15, -0.1) is 0 Å². The van der Waals surface area contributed by atoms with Crippen molar-refractivity contribution in [2.45, 2.75) is 40.7 Å². The molecule has 0 heterocycles. The third-order valence-corrected chi connectivity index (χ3v) is 4.08. The van der Waals surface area contributed by atoms with Crippen LogP contribution in [0.3, 0.4) is 0 Å². The lowest BCUT2D eigenvalue weighted by molar-refractivity contribution is -0.138. The standard InChI is InChI=1S/C23H31NO3/c1-6-8-9-13-16-24(22(25)20-14-11-10-12-15-20)21(18(3)4)17-19(5)23(26)27-7-2/h6,8-15,17-18,21H,7,16H2,1-5H3/b8-6+,13-9+,19-17+/t21-/m1/s1. The third-order valence-electron chi connectivity index (χ3n) is 4.08. The van der Waals surface area contributed by atoms with Crippen molar-refractivity contribution in [2.24, 2.45) is 5.92 Å². The number of hydrogen-bond acceptors (Lipinski definition) is 3. The summed E-state index contributed by atoms with van der Waals surface area (Å²) < 4.78 is 5.09. The molecule has 0 aliphatic heterocycles. The Morgan fingerprint density at radius 3 is 2.37 bits per heavy atom. The molecule has 0 radical (unpaired) electrons. The summed E-state index contributed by atoms with van der Waals surface area (Å²) in [6, 6.07) is 8.99. The lowest BCUT2D eigenvalue weighted by Gasteiger charge is -2.32. The van der Waals surface area contributed by atoms with E-state index in [-0.39, 0.29) is 23.8 Å². The Morgan fingerprint density at radius 2 is 1.81 bits per heavy atom. The summed E-state index contributed by atoms with van der Waals surface area (Å²) >= 11 is 0. The highest BCUT2D eigenvalue weighted by atomic mass is 16.5. The van der Waals surface area contributed by atoms with Crippen LogP contribution in [0.2, 0.25) is 0 Å². The van der Waals surface area contributed by atoms with Crippen molar-refractivity contribution >= 4 is 11.9 Å². The van der Waals surface area contributed by atoms with Crippen LogP contribution in [-0.4, -0.2) is 36.0 Å². The van der Waals surface area contributed by atoms with Crippen LogP contribution in [0, 0.1) is 5.92 Å². The van der Waals surface area contributed by atoms with Crippen LogP contribution < -0.4 is 0 Å². The highest BCUT2D eigenvalue weighted by Gasteiger charge is 2.26. The van der Waals surface area contributed by atoms with E-state index in [2.05, 4.69) is 0 Å². The quantitative estimate of drug-likeness (QED) is 0.357. The highest BCUT2D eigenvalue weighted by molar-refractivity contribution is 5.95. The van der Waals surface area contributed by atoms with E-state index in [0.717, 1.165) is 0 Å². The van der Waals surface area contributed by atoms with Crippen LogP contribution in [0.25, 0.3) is 0 Å². The first-order valence-electron chi connectivity index (χ1n) is 9.41. The van der Waals surface area contributed by atoms with Gasteiger partial charge in [-0.1, -0.05) is 62.4 Å². The van der Waals surface area contributed by atoms with Gasteiger partial charge in [0, 0.05) is 17.7 Å². The smallest absolute Gasteiger partial charge is 0.333 e. The SMILES string of the molecule is C/C=C/C=C/CN(C(=O)c1ccccc1)[C@H](/C=C(\C)C(=O)OCC)C(C)C. The molecule has 1 aromatic rings. The molecule has 1 aromatic carbocycles. The lowest BCUT2D eigenvalue weighted by Crippen LogP contribution is -2.42. The fourth-order valence-electron chi connectivity index (χ4n) is 2.66. The monoisotopic (exact) mass is 369 g/mol. The molecule has 4 nitrogen and oxygen atoms in total. The van der Waals surface area contributed by atoms with Gasteiger partial charge in [0.05, 0.1) is 12.6 Å². The summed E-state index contributed by atoms with van der Waals surface area (Å²) in [5.74, 6) is -0.274. The van der Waals surface area contributed by atoms with Crippen molar-refractivity contribution in [1.82, 2.24) is 4.90 Å². The summed E-state index contributed by atoms with van der Waals surface area (Å²) in [5.41, 5.74) is 1.14. The number of ether oxygens (including phenoxy) is 1. The first-order chi connectivity index (χ1) is 12.9. The van der Waals surface area contributed by atoms with Gasteiger partial charge in [-0.25, -0.2) is 4.79 Å². The molecule has 0 aliphatic carbocycles. The maximum Gasteiger partial charge on any atom is 0.333 e. The second-order valence-corrected chi connectivity index (χ2v) is 6.58. The molecule has 0 aliphatic rings. The number of nitrogens with zero attached hydrogens (tertiary/aromatic N) is 1. The van der Waals surface area contributed by atoms with Crippen LogP contribution in [0.5, 0.6) is 0 Å². The zero-order valence-electron chi connectivity index (χ0n) is 17.0. The van der Waals surface area contributed by atoms with E-state index in [4.69, 9.17) is 4.74 Å². The van der Waals surface area contributed by atoms with Gasteiger partial charge in [0.25, 0.3) is 5.91 Å². The molecular formula is C23H31NO3. The van der Waals surface area contributed by atoms with Gasteiger partial charge in [-0.2, -0.15) is 0 Å². The Hall–Kier alpha value is -2.62. The van der Waals surface area contributed by atoms with Crippen molar-refractivity contribution in [3.05, 3.63) is 71.8 Å². The van der Waals surface area contributed by atoms with Gasteiger partial charge in [0.1, 0.15) is 0 Å². The fraction of sp³-hybridized carbons (Fsp3) is 0.391. The number of esters is 1. The second-order valence-electron chi connectivity index (χ2n) is 6.58. The zero-order valence-corrected chi connectivity index (χ0v) is 17.0. The molecule has 0 saturated heterocycles. The molecule has 146 valence electrons. The van der Waals surface area contributed by atoms with Crippen LogP contribution in [0.1, 0.15) is 45.0 Å². The minimum Gasteiger partial charge on any atom is -0.463 e. The maximum atomic E-state index is 13.2. The minimum absolute atomic E-state index is 0.0627. The maximum absolute atomic E-state index is 13.2. The van der Waals surface area contributed by atoms with Crippen LogP contribution in [0.4, 0.5) is 0 Å². The van der Waals surface area contributed by atoms with E-state index in [9.17, 15) is 9.59 Å². The van der Waals surface area contributed by atoms with Crippen molar-refractivity contribution in [1.29, 1.82) is 0 Å². The Bertz CT molecular complexity index is 687. The molecule has 1 rings (SSSR count). The average molecular weight is 370 g/mol. The predicted octanol–water partition coefficient (Wildman–Crippen LogP) is 4.80. The van der Waals surface area contributed by atoms with Gasteiger partial charge < -0.3 is 9.64 Å². The van der Waals surface area contributed by atoms with E-state index < -0.39 is 0 Å². The second kappa shape index (κ2) is 11.9. The number of allylic oxidation sites excluding steroid dienone is 3. The highest BCUT2D eigenvalue weighted by Crippen LogP contribution is 2.18. The van der Waals surface area contributed by atoms with E-state index >= 15 is 0 Å². The van der Waals surface area contributed by atoms with Crippen LogP contribution in [0.15, 0.2) is 66.3 Å². The van der Waals surface area contributed by atoms with Gasteiger partial charge in [-0.05, 0) is 38.8 Å². The lowest BCUT2D eigenvalue weighted by atomic mass is 9.98. The molecule has 1 atom stereocenters. The van der Waals surface area contributed by atoms with E-state index in [1.165, 1.54) is 0 Å². The van der Waals surface area contributed by atoms with E-state index in [1.54, 1.807) is 18.7 Å². The first kappa shape index (κ1) is 22.4. The number of hydrogen-bond donors (Lipinski definition) is 0. The number of carbonyl (C=O) groups is 2. The molecule has 4 heteroatoms. The molecule has 0 bridgehead atoms. The van der Waals surface area contributed by atoms with E-state index in [0.29, 0.717) is 24.3 Å². The number of benzene rings is 1. The molecule has 0 N–H and O–H groups in total. The Labute approximate surface area is 163 Å². The van der Waals surface area contributed by atoms with Crippen LogP contribution in [-0.2, 0) is 9.53 Å². The normalized spacial score (nSPS) is 13.3. The Kier molecular flexibility index (Phi) is 9.88. The molecule has 0 unspecified atom stereocenters. The van der Waals surface area contributed by atoms with Crippen molar-refractivity contribution in [3.63, 3.8) is 0 Å². The van der Waals surface area contributed by atoms with E-state index in [1.807, 2.05) is 81.5 Å². The van der Waals surface area contributed by atoms with Crippen molar-refractivity contribution < 1.29 is 14.3 Å². The Balaban J connectivity index is 3.23. The molecule has 0 spiro atoms. The minimum atomic E-state index is -0.347. The molecule has 0 aromatic heterocycles. The van der Waals surface area contributed by atoms with Gasteiger partial charge in [0.15, 0.2) is 0 Å². The number of carbonyl (C=O) groups excluding carboxylic acids is 2. The Morgan fingerprint density at radius 1 is 1.15 bits per heavy atom. The molecule has 1 amide bonds. The molecule has 27 heavy (non-hydrogen) atoms. The third kappa shape index (κ3) is 7.26. The van der Waals surface area contributed by atoms with Crippen molar-refractivity contribution in [3.8, 4) is 0 Å². The van der Waals surface area contributed by atoms with Gasteiger partial charge in [-0.3, -0.25) is 4.79 Å². The summed E-state index contributed by atoms with van der Waals surface area (Å²) in [6.45, 7) is 10.3. The molecular weight excluding hydrogens is 338 g/mol. The summed E-state index contributed by atoms with van der Waals surface area (Å²) in [5, 5.41) is 0. The summed E-state index contributed by atoms with van der Waals surface area (Å²) in [4.78, 5) is 27.0. The van der Waals surface area contributed by atoms with Crippen LogP contribution >= 0.6 is 0 Å². The number of amides is 1. The molecule has 0 fully saturated rings.